The lowest BCUT2D eigenvalue weighted by molar-refractivity contribution is -0.138. The van der Waals surface area contributed by atoms with E-state index in [1.54, 1.807) is 0 Å². The molecule has 2 nitrogen and oxygen atoms in total. The van der Waals surface area contributed by atoms with Crippen molar-refractivity contribution in [2.24, 2.45) is 5.92 Å². The Kier molecular flexibility index (Phi) is 8.44. The van der Waals surface area contributed by atoms with Gasteiger partial charge in [-0.1, -0.05) is 75.8 Å². The number of esters is 1. The fourth-order valence-electron chi connectivity index (χ4n) is 3.23. The van der Waals surface area contributed by atoms with Crippen molar-refractivity contribution in [1.29, 1.82) is 0 Å². The van der Waals surface area contributed by atoms with Gasteiger partial charge < -0.3 is 4.74 Å². The predicted octanol–water partition coefficient (Wildman–Crippen LogP) is 6.07. The van der Waals surface area contributed by atoms with Gasteiger partial charge in [0.15, 0.2) is 0 Å². The van der Waals surface area contributed by atoms with Crippen molar-refractivity contribution in [3.05, 3.63) is 41.5 Å². The monoisotopic (exact) mass is 346 g/mol. The van der Waals surface area contributed by atoms with E-state index in [2.05, 4.69) is 19.1 Å². The molecule has 0 saturated carbocycles. The third-order valence-corrected chi connectivity index (χ3v) is 5.83. The molecule has 0 fully saturated rings. The molecule has 1 aromatic rings. The molecule has 0 saturated heterocycles. The summed E-state index contributed by atoms with van der Waals surface area (Å²) in [6, 6.07) is 10.3. The van der Waals surface area contributed by atoms with Crippen LogP contribution in [0.25, 0.3) is 4.91 Å². The number of thioether (sulfide) groups is 1. The van der Waals surface area contributed by atoms with Gasteiger partial charge in [-0.2, -0.15) is 0 Å². The molecule has 1 aliphatic rings. The Morgan fingerprint density at radius 2 is 1.79 bits per heavy atom. The van der Waals surface area contributed by atoms with E-state index in [9.17, 15) is 4.79 Å². The van der Waals surface area contributed by atoms with Crippen LogP contribution in [0.5, 0.6) is 0 Å². The third-order valence-electron chi connectivity index (χ3n) is 4.52. The van der Waals surface area contributed by atoms with E-state index in [0.717, 1.165) is 28.2 Å². The van der Waals surface area contributed by atoms with Gasteiger partial charge in [0, 0.05) is 16.6 Å². The number of unbranched alkanes of at least 4 members (excludes halogenated alkanes) is 5. The zero-order valence-electron chi connectivity index (χ0n) is 15.1. The molecule has 0 aliphatic carbocycles. The Labute approximate surface area is 151 Å². The molecule has 0 aromatic heterocycles. The average molecular weight is 347 g/mol. The van der Waals surface area contributed by atoms with E-state index in [-0.39, 0.29) is 5.97 Å². The second-order valence-corrected chi connectivity index (χ2v) is 7.42. The quantitative estimate of drug-likeness (QED) is 0.380. The van der Waals surface area contributed by atoms with Crippen molar-refractivity contribution in [1.82, 2.24) is 0 Å². The van der Waals surface area contributed by atoms with Gasteiger partial charge in [-0.05, 0) is 18.9 Å². The first kappa shape index (κ1) is 19.1. The van der Waals surface area contributed by atoms with Crippen molar-refractivity contribution >= 4 is 22.6 Å². The molecule has 2 rings (SSSR count). The Balaban J connectivity index is 2.02. The fraction of sp³-hybridized carbons (Fsp3) is 0.571. The molecular weight excluding hydrogens is 316 g/mol. The van der Waals surface area contributed by atoms with Gasteiger partial charge in [0.1, 0.15) is 0 Å². The van der Waals surface area contributed by atoms with Gasteiger partial charge in [-0.3, -0.25) is 0 Å². The highest BCUT2D eigenvalue weighted by Crippen LogP contribution is 2.44. The Hall–Kier alpha value is -1.22. The summed E-state index contributed by atoms with van der Waals surface area (Å²) < 4.78 is 5.36. The number of carbonyl (C=O) groups excluding carboxylic acids is 1. The van der Waals surface area contributed by atoms with Gasteiger partial charge in [0.2, 0.25) is 0 Å². The van der Waals surface area contributed by atoms with Gasteiger partial charge in [-0.15, -0.1) is 11.8 Å². The summed E-state index contributed by atoms with van der Waals surface area (Å²) in [5.41, 5.74) is 2.07. The second-order valence-electron chi connectivity index (χ2n) is 6.39. The van der Waals surface area contributed by atoms with E-state index < -0.39 is 0 Å². The number of benzene rings is 1. The van der Waals surface area contributed by atoms with Crippen LogP contribution in [0.2, 0.25) is 0 Å². The number of hydrogen-bond acceptors (Lipinski definition) is 3. The minimum atomic E-state index is -0.114. The van der Waals surface area contributed by atoms with Gasteiger partial charge in [0.25, 0.3) is 0 Å². The minimum Gasteiger partial charge on any atom is -0.463 e. The highest BCUT2D eigenvalue weighted by Gasteiger charge is 2.32. The van der Waals surface area contributed by atoms with E-state index in [0.29, 0.717) is 12.5 Å². The van der Waals surface area contributed by atoms with Gasteiger partial charge >= 0.3 is 5.97 Å². The van der Waals surface area contributed by atoms with Crippen LogP contribution in [-0.2, 0) is 9.53 Å². The maximum absolute atomic E-state index is 12.5. The number of rotatable bonds is 10. The van der Waals surface area contributed by atoms with Crippen molar-refractivity contribution in [2.45, 2.75) is 58.8 Å². The first-order chi connectivity index (χ1) is 11.8. The van der Waals surface area contributed by atoms with Crippen molar-refractivity contribution in [3.63, 3.8) is 0 Å². The first-order valence-corrected chi connectivity index (χ1v) is 10.4. The SMILES string of the molecule is CCCCCCCCC1CSC(c2ccccc2)=C1C(=O)OCC. The molecular formula is C21H30O2S. The summed E-state index contributed by atoms with van der Waals surface area (Å²) in [7, 11) is 0. The average Bonchev–Trinajstić information content (AvgIpc) is 3.03. The lowest BCUT2D eigenvalue weighted by Crippen LogP contribution is -2.15. The third kappa shape index (κ3) is 5.41. The molecule has 0 radical (unpaired) electrons. The molecule has 3 heteroatoms. The van der Waals surface area contributed by atoms with E-state index in [1.165, 1.54) is 38.5 Å². The maximum atomic E-state index is 12.5. The summed E-state index contributed by atoms with van der Waals surface area (Å²) in [6.45, 7) is 4.57. The zero-order chi connectivity index (χ0) is 17.2. The largest absolute Gasteiger partial charge is 0.463 e. The van der Waals surface area contributed by atoms with Crippen LogP contribution in [0, 0.1) is 5.92 Å². The highest BCUT2D eigenvalue weighted by atomic mass is 32.2. The summed E-state index contributed by atoms with van der Waals surface area (Å²) >= 11 is 1.82. The highest BCUT2D eigenvalue weighted by molar-refractivity contribution is 8.08. The van der Waals surface area contributed by atoms with Gasteiger partial charge in [0.05, 0.1) is 12.2 Å². The molecule has 1 aromatic carbocycles. The second kappa shape index (κ2) is 10.6. The van der Waals surface area contributed by atoms with Crippen LogP contribution in [0.3, 0.4) is 0 Å². The number of ether oxygens (including phenoxy) is 1. The normalized spacial score (nSPS) is 17.3. The molecule has 1 aliphatic heterocycles. The van der Waals surface area contributed by atoms with Crippen LogP contribution in [-0.4, -0.2) is 18.3 Å². The standard InChI is InChI=1S/C21H30O2S/c1-3-5-6-7-8-10-15-18-16-24-20(17-13-11-9-12-14-17)19(18)21(22)23-4-2/h9,11-14,18H,3-8,10,15-16H2,1-2H3. The van der Waals surface area contributed by atoms with E-state index >= 15 is 0 Å². The summed E-state index contributed by atoms with van der Waals surface area (Å²) in [6.07, 6.45) is 8.87. The number of carbonyl (C=O) groups is 1. The first-order valence-electron chi connectivity index (χ1n) is 9.37. The fourth-order valence-corrected chi connectivity index (χ4v) is 4.64. The molecule has 1 heterocycles. The Morgan fingerprint density at radius 1 is 1.08 bits per heavy atom. The lowest BCUT2D eigenvalue weighted by Gasteiger charge is -2.14. The van der Waals surface area contributed by atoms with Gasteiger partial charge in [-0.25, -0.2) is 4.79 Å². The molecule has 1 atom stereocenters. The molecule has 0 bridgehead atoms. The predicted molar refractivity (Wildman–Crippen MR) is 104 cm³/mol. The van der Waals surface area contributed by atoms with Crippen LogP contribution in [0.1, 0.15) is 64.4 Å². The van der Waals surface area contributed by atoms with Crippen LogP contribution in [0.4, 0.5) is 0 Å². The summed E-state index contributed by atoms with van der Waals surface area (Å²) in [5.74, 6) is 1.24. The maximum Gasteiger partial charge on any atom is 0.335 e. The Morgan fingerprint density at radius 3 is 2.50 bits per heavy atom. The van der Waals surface area contributed by atoms with E-state index in [1.807, 2.05) is 36.9 Å². The molecule has 0 amide bonds. The summed E-state index contributed by atoms with van der Waals surface area (Å²) in [4.78, 5) is 13.6. The van der Waals surface area contributed by atoms with Crippen LogP contribution in [0.15, 0.2) is 35.9 Å². The lowest BCUT2D eigenvalue weighted by atomic mass is 9.92. The molecule has 1 unspecified atom stereocenters. The van der Waals surface area contributed by atoms with Crippen molar-refractivity contribution in [2.75, 3.05) is 12.4 Å². The number of hydrogen-bond donors (Lipinski definition) is 0. The molecule has 132 valence electrons. The molecule has 0 spiro atoms. The van der Waals surface area contributed by atoms with Crippen molar-refractivity contribution in [3.8, 4) is 0 Å². The van der Waals surface area contributed by atoms with Crippen LogP contribution >= 0.6 is 11.8 Å². The smallest absolute Gasteiger partial charge is 0.335 e. The Bertz CT molecular complexity index is 536. The molecule has 24 heavy (non-hydrogen) atoms. The molecule has 0 N–H and O–H groups in total. The van der Waals surface area contributed by atoms with E-state index in [4.69, 9.17) is 4.74 Å². The van der Waals surface area contributed by atoms with Crippen LogP contribution < -0.4 is 0 Å². The summed E-state index contributed by atoms with van der Waals surface area (Å²) in [5, 5.41) is 0. The topological polar surface area (TPSA) is 26.3 Å². The zero-order valence-corrected chi connectivity index (χ0v) is 15.9. The minimum absolute atomic E-state index is 0.114. The van der Waals surface area contributed by atoms with Crippen molar-refractivity contribution < 1.29 is 9.53 Å².